The summed E-state index contributed by atoms with van der Waals surface area (Å²) in [4.78, 5) is 42.6. The summed E-state index contributed by atoms with van der Waals surface area (Å²) in [5, 5.41) is 3.28. The first-order valence-corrected chi connectivity index (χ1v) is 15.0. The molecule has 8 nitrogen and oxygen atoms in total. The molecule has 196 valence electrons. The van der Waals surface area contributed by atoms with Gasteiger partial charge in [-0.1, -0.05) is 41.9 Å². The highest BCUT2D eigenvalue weighted by Crippen LogP contribution is 2.37. The van der Waals surface area contributed by atoms with Crippen LogP contribution in [0.3, 0.4) is 0 Å². The van der Waals surface area contributed by atoms with Gasteiger partial charge in [0.1, 0.15) is 5.54 Å². The van der Waals surface area contributed by atoms with Gasteiger partial charge in [-0.05, 0) is 43.5 Å². The molecule has 1 fully saturated rings. The van der Waals surface area contributed by atoms with E-state index >= 15 is 0 Å². The first kappa shape index (κ1) is 27.1. The van der Waals surface area contributed by atoms with E-state index in [2.05, 4.69) is 0 Å². The lowest BCUT2D eigenvalue weighted by Gasteiger charge is -2.51. The third-order valence-electron chi connectivity index (χ3n) is 6.54. The van der Waals surface area contributed by atoms with Crippen LogP contribution < -0.4 is 4.72 Å². The summed E-state index contributed by atoms with van der Waals surface area (Å²) >= 11 is 7.51. The van der Waals surface area contributed by atoms with Crippen molar-refractivity contribution in [1.29, 1.82) is 0 Å². The van der Waals surface area contributed by atoms with Gasteiger partial charge in [-0.3, -0.25) is 19.1 Å². The number of fused-ring (bicyclic) bond motifs is 1. The van der Waals surface area contributed by atoms with Gasteiger partial charge in [0, 0.05) is 46.5 Å². The Balaban J connectivity index is 1.52. The predicted molar refractivity (Wildman–Crippen MR) is 145 cm³/mol. The third kappa shape index (κ3) is 6.14. The van der Waals surface area contributed by atoms with Crippen LogP contribution >= 0.6 is 22.9 Å². The highest BCUT2D eigenvalue weighted by atomic mass is 35.5. The van der Waals surface area contributed by atoms with Crippen molar-refractivity contribution in [3.8, 4) is 0 Å². The Morgan fingerprint density at radius 1 is 1.14 bits per heavy atom. The number of amides is 3. The molecule has 1 N–H and O–H groups in total. The lowest BCUT2D eigenvalue weighted by molar-refractivity contribution is -0.149. The van der Waals surface area contributed by atoms with Crippen LogP contribution in [0.4, 0.5) is 0 Å². The highest BCUT2D eigenvalue weighted by molar-refractivity contribution is 7.89. The molecular formula is C26H28ClN3O5S2. The zero-order valence-corrected chi connectivity index (χ0v) is 23.0. The zero-order valence-electron chi connectivity index (χ0n) is 20.6. The van der Waals surface area contributed by atoms with Gasteiger partial charge in [-0.25, -0.2) is 8.42 Å². The number of rotatable bonds is 9. The third-order valence-corrected chi connectivity index (χ3v) is 8.35. The SMILES string of the molecule is CC1(C(=O)N(CCCC(=O)NS(C)(=O)=O)Cc2ccc(Cl)cc2)CCN1C(=O)c1csc2ccccc12. The number of carbonyl (C=O) groups is 3. The van der Waals surface area contributed by atoms with Crippen molar-refractivity contribution in [1.82, 2.24) is 14.5 Å². The Morgan fingerprint density at radius 2 is 1.84 bits per heavy atom. The van der Waals surface area contributed by atoms with Crippen LogP contribution in [0.15, 0.2) is 53.9 Å². The molecule has 1 saturated heterocycles. The maximum Gasteiger partial charge on any atom is 0.256 e. The molecule has 0 aliphatic carbocycles. The maximum absolute atomic E-state index is 13.9. The normalized spacial score (nSPS) is 17.3. The summed E-state index contributed by atoms with van der Waals surface area (Å²) in [6.07, 6.45) is 1.64. The molecule has 4 rings (SSSR count). The Morgan fingerprint density at radius 3 is 2.49 bits per heavy atom. The van der Waals surface area contributed by atoms with E-state index in [9.17, 15) is 22.8 Å². The molecule has 0 spiro atoms. The summed E-state index contributed by atoms with van der Waals surface area (Å²) in [5.74, 6) is -1.03. The molecule has 1 aliphatic rings. The van der Waals surface area contributed by atoms with Gasteiger partial charge in [-0.2, -0.15) is 0 Å². The summed E-state index contributed by atoms with van der Waals surface area (Å²) in [6.45, 7) is 2.73. The minimum Gasteiger partial charge on any atom is -0.336 e. The van der Waals surface area contributed by atoms with Crippen molar-refractivity contribution in [2.45, 2.75) is 38.3 Å². The van der Waals surface area contributed by atoms with Gasteiger partial charge in [0.2, 0.25) is 21.8 Å². The number of nitrogens with zero attached hydrogens (tertiary/aromatic N) is 2. The van der Waals surface area contributed by atoms with Crippen molar-refractivity contribution < 1.29 is 22.8 Å². The monoisotopic (exact) mass is 561 g/mol. The number of carbonyl (C=O) groups excluding carboxylic acids is 3. The van der Waals surface area contributed by atoms with Crippen molar-refractivity contribution in [3.63, 3.8) is 0 Å². The van der Waals surface area contributed by atoms with Gasteiger partial charge < -0.3 is 9.80 Å². The molecule has 0 bridgehead atoms. The van der Waals surface area contributed by atoms with Crippen LogP contribution in [-0.4, -0.2) is 60.8 Å². The van der Waals surface area contributed by atoms with Crippen molar-refractivity contribution >= 4 is 60.8 Å². The molecule has 2 aromatic carbocycles. The number of halogens is 1. The van der Waals surface area contributed by atoms with E-state index in [1.807, 2.05) is 46.5 Å². The van der Waals surface area contributed by atoms with Gasteiger partial charge in [-0.15, -0.1) is 11.3 Å². The van der Waals surface area contributed by atoms with Crippen LogP contribution in [0.1, 0.15) is 42.1 Å². The molecule has 1 atom stereocenters. The van der Waals surface area contributed by atoms with Crippen LogP contribution in [-0.2, 0) is 26.2 Å². The summed E-state index contributed by atoms with van der Waals surface area (Å²) < 4.78 is 25.6. The molecule has 0 radical (unpaired) electrons. The molecule has 3 aromatic rings. The lowest BCUT2D eigenvalue weighted by Crippen LogP contribution is -2.67. The van der Waals surface area contributed by atoms with E-state index in [1.165, 1.54) is 11.3 Å². The summed E-state index contributed by atoms with van der Waals surface area (Å²) in [6, 6.07) is 14.8. The number of thiophene rings is 1. The Hall–Kier alpha value is -2.95. The topological polar surface area (TPSA) is 104 Å². The Bertz CT molecular complexity index is 1440. The van der Waals surface area contributed by atoms with Crippen LogP contribution in [0.2, 0.25) is 5.02 Å². The number of benzene rings is 2. The summed E-state index contributed by atoms with van der Waals surface area (Å²) in [7, 11) is -3.65. The van der Waals surface area contributed by atoms with E-state index in [4.69, 9.17) is 11.6 Å². The standard InChI is InChI=1S/C26H28ClN3O5S2/c1-26(13-15-30(26)24(32)21-17-36-22-7-4-3-6-20(21)22)25(33)29(16-18-9-11-19(27)12-10-18)14-5-8-23(31)28-37(2,34)35/h3-4,6-7,9-12,17H,5,8,13-16H2,1-2H3,(H,28,31). The Labute approximate surface area is 225 Å². The predicted octanol–water partition coefficient (Wildman–Crippen LogP) is 4.04. The van der Waals surface area contributed by atoms with Crippen molar-refractivity contribution in [2.24, 2.45) is 0 Å². The summed E-state index contributed by atoms with van der Waals surface area (Å²) in [5.41, 5.74) is 0.408. The zero-order chi connectivity index (χ0) is 26.8. The average Bonchev–Trinajstić information content (AvgIpc) is 3.26. The fraction of sp³-hybridized carbons (Fsp3) is 0.346. The van der Waals surface area contributed by atoms with Crippen LogP contribution in [0.5, 0.6) is 0 Å². The lowest BCUT2D eigenvalue weighted by atomic mass is 9.84. The second-order valence-corrected chi connectivity index (χ2v) is 12.5. The average molecular weight is 562 g/mol. The highest BCUT2D eigenvalue weighted by Gasteiger charge is 2.51. The van der Waals surface area contributed by atoms with E-state index < -0.39 is 21.5 Å². The van der Waals surface area contributed by atoms with E-state index in [-0.39, 0.29) is 37.7 Å². The second kappa shape index (κ2) is 10.8. The number of likely N-dealkylation sites (tertiary alicyclic amines) is 1. The molecule has 1 aromatic heterocycles. The van der Waals surface area contributed by atoms with E-state index in [0.717, 1.165) is 21.9 Å². The van der Waals surface area contributed by atoms with Gasteiger partial charge in [0.15, 0.2) is 0 Å². The molecule has 1 unspecified atom stereocenters. The fourth-order valence-electron chi connectivity index (χ4n) is 4.49. The van der Waals surface area contributed by atoms with Gasteiger partial charge in [0.25, 0.3) is 5.91 Å². The van der Waals surface area contributed by atoms with Gasteiger partial charge >= 0.3 is 0 Å². The largest absolute Gasteiger partial charge is 0.336 e. The minimum absolute atomic E-state index is 0.0578. The number of hydrogen-bond donors (Lipinski definition) is 1. The molecule has 11 heteroatoms. The smallest absolute Gasteiger partial charge is 0.256 e. The Kier molecular flexibility index (Phi) is 7.91. The molecule has 3 amide bonds. The van der Waals surface area contributed by atoms with E-state index in [1.54, 1.807) is 28.9 Å². The second-order valence-electron chi connectivity index (χ2n) is 9.38. The molecule has 1 aliphatic heterocycles. The van der Waals surface area contributed by atoms with Gasteiger partial charge in [0.05, 0.1) is 11.8 Å². The molecule has 0 saturated carbocycles. The number of sulfonamides is 1. The quantitative estimate of drug-likeness (QED) is 0.424. The molecular weight excluding hydrogens is 534 g/mol. The first-order chi connectivity index (χ1) is 17.5. The van der Waals surface area contributed by atoms with E-state index in [0.29, 0.717) is 23.6 Å². The number of nitrogens with one attached hydrogen (secondary N) is 1. The van der Waals surface area contributed by atoms with Crippen molar-refractivity contribution in [2.75, 3.05) is 19.3 Å². The minimum atomic E-state index is -3.65. The number of hydrogen-bond acceptors (Lipinski definition) is 6. The maximum atomic E-state index is 13.9. The first-order valence-electron chi connectivity index (χ1n) is 11.8. The molecule has 2 heterocycles. The van der Waals surface area contributed by atoms with Crippen LogP contribution in [0.25, 0.3) is 10.1 Å². The molecule has 37 heavy (non-hydrogen) atoms. The van der Waals surface area contributed by atoms with Crippen LogP contribution in [0, 0.1) is 0 Å². The van der Waals surface area contributed by atoms with Crippen molar-refractivity contribution in [3.05, 3.63) is 70.1 Å². The fourth-order valence-corrected chi connectivity index (χ4v) is 6.06.